The number of aryl methyl sites for hydroxylation is 2. The number of hydrogen-bond donors (Lipinski definition) is 1. The number of nitrogens with zero attached hydrogens (tertiary/aromatic N) is 1. The first-order valence-corrected chi connectivity index (χ1v) is 9.97. The van der Waals surface area contributed by atoms with E-state index in [-0.39, 0.29) is 30.5 Å². The molecule has 2 aliphatic rings. The quantitative estimate of drug-likeness (QED) is 0.850. The van der Waals surface area contributed by atoms with Gasteiger partial charge in [0.1, 0.15) is 0 Å². The Kier molecular flexibility index (Phi) is 6.28. The lowest BCUT2D eigenvalue weighted by atomic mass is 10.1. The summed E-state index contributed by atoms with van der Waals surface area (Å²) in [5.74, 6) is 0.159. The van der Waals surface area contributed by atoms with Gasteiger partial charge in [0, 0.05) is 19.5 Å². The summed E-state index contributed by atoms with van der Waals surface area (Å²) in [7, 11) is -3.40. The molecule has 0 spiro atoms. The fraction of sp³-hybridized carbons (Fsp3) is 0.588. The zero-order valence-electron chi connectivity index (χ0n) is 13.7. The van der Waals surface area contributed by atoms with Gasteiger partial charge in [-0.15, -0.1) is 12.4 Å². The summed E-state index contributed by atoms with van der Waals surface area (Å²) < 4.78 is 25.0. The van der Waals surface area contributed by atoms with E-state index in [1.54, 1.807) is 17.0 Å². The first kappa shape index (κ1) is 19.2. The molecule has 3 rings (SSSR count). The van der Waals surface area contributed by atoms with Crippen molar-refractivity contribution in [3.8, 4) is 0 Å². The second-order valence-electron chi connectivity index (χ2n) is 6.58. The summed E-state index contributed by atoms with van der Waals surface area (Å²) in [6, 6.07) is 5.40. The lowest BCUT2D eigenvalue weighted by Crippen LogP contribution is -2.31. The van der Waals surface area contributed by atoms with E-state index in [1.165, 1.54) is 5.56 Å². The average Bonchev–Trinajstić information content (AvgIpc) is 3.20. The average molecular weight is 373 g/mol. The summed E-state index contributed by atoms with van der Waals surface area (Å²) in [5.41, 5.74) is 8.02. The monoisotopic (exact) mass is 372 g/mol. The summed E-state index contributed by atoms with van der Waals surface area (Å²) in [6.07, 6.45) is 4.04. The van der Waals surface area contributed by atoms with E-state index in [2.05, 4.69) is 0 Å². The Labute approximate surface area is 149 Å². The molecule has 24 heavy (non-hydrogen) atoms. The van der Waals surface area contributed by atoms with Gasteiger partial charge in [-0.3, -0.25) is 4.79 Å². The van der Waals surface area contributed by atoms with Crippen molar-refractivity contribution >= 4 is 28.2 Å². The molecule has 0 aromatic heterocycles. The molecular formula is C17H25ClN2O3S. The van der Waals surface area contributed by atoms with Crippen molar-refractivity contribution in [1.82, 2.24) is 4.90 Å². The molecular weight excluding hydrogens is 348 g/mol. The molecule has 1 aliphatic heterocycles. The Morgan fingerprint density at radius 1 is 1.25 bits per heavy atom. The zero-order valence-corrected chi connectivity index (χ0v) is 15.4. The van der Waals surface area contributed by atoms with Crippen LogP contribution in [0, 0.1) is 5.92 Å². The molecule has 5 nitrogen and oxygen atoms in total. The number of benzene rings is 1. The topological polar surface area (TPSA) is 80.5 Å². The second kappa shape index (κ2) is 7.85. The minimum Gasteiger partial charge on any atom is -0.342 e. The molecule has 7 heteroatoms. The van der Waals surface area contributed by atoms with E-state index in [4.69, 9.17) is 5.73 Å². The van der Waals surface area contributed by atoms with Crippen LogP contribution in [0.2, 0.25) is 0 Å². The van der Waals surface area contributed by atoms with Gasteiger partial charge in [0.2, 0.25) is 5.91 Å². The number of likely N-dealkylation sites (tertiary alicyclic amines) is 1. The SMILES string of the molecule is Cl.NCC1CCN(C(=O)CCS(=O)(=O)c2ccc3c(c2)CCC3)C1. The van der Waals surface area contributed by atoms with Gasteiger partial charge in [0.25, 0.3) is 0 Å². The van der Waals surface area contributed by atoms with E-state index in [0.717, 1.165) is 31.2 Å². The molecule has 134 valence electrons. The Balaban J connectivity index is 0.00000208. The number of fused-ring (bicyclic) bond motifs is 1. The van der Waals surface area contributed by atoms with Gasteiger partial charge in [0.15, 0.2) is 9.84 Å². The normalized spacial score (nSPS) is 19.9. The van der Waals surface area contributed by atoms with Crippen molar-refractivity contribution in [2.24, 2.45) is 11.7 Å². The minimum absolute atomic E-state index is 0. The molecule has 1 unspecified atom stereocenters. The van der Waals surface area contributed by atoms with E-state index in [1.807, 2.05) is 6.07 Å². The Morgan fingerprint density at radius 3 is 2.71 bits per heavy atom. The molecule has 0 saturated carbocycles. The number of halogens is 1. The van der Waals surface area contributed by atoms with Crippen LogP contribution >= 0.6 is 12.4 Å². The summed E-state index contributed by atoms with van der Waals surface area (Å²) >= 11 is 0. The number of nitrogens with two attached hydrogens (primary N) is 1. The van der Waals surface area contributed by atoms with Crippen LogP contribution < -0.4 is 5.73 Å². The number of amides is 1. The molecule has 0 radical (unpaired) electrons. The second-order valence-corrected chi connectivity index (χ2v) is 8.69. The molecule has 1 aromatic rings. The van der Waals surface area contributed by atoms with Crippen LogP contribution in [-0.2, 0) is 27.5 Å². The highest BCUT2D eigenvalue weighted by molar-refractivity contribution is 7.91. The minimum atomic E-state index is -3.40. The van der Waals surface area contributed by atoms with Crippen molar-refractivity contribution in [1.29, 1.82) is 0 Å². The molecule has 2 N–H and O–H groups in total. The molecule has 1 saturated heterocycles. The van der Waals surface area contributed by atoms with E-state index >= 15 is 0 Å². The summed E-state index contributed by atoms with van der Waals surface area (Å²) in [4.78, 5) is 14.3. The van der Waals surface area contributed by atoms with Crippen LogP contribution in [0.4, 0.5) is 0 Å². The third-order valence-corrected chi connectivity index (χ3v) is 6.70. The smallest absolute Gasteiger partial charge is 0.223 e. The lowest BCUT2D eigenvalue weighted by Gasteiger charge is -2.16. The summed E-state index contributed by atoms with van der Waals surface area (Å²) in [6.45, 7) is 1.94. The largest absolute Gasteiger partial charge is 0.342 e. The number of carbonyl (C=O) groups excluding carboxylic acids is 1. The highest BCUT2D eigenvalue weighted by atomic mass is 35.5. The van der Waals surface area contributed by atoms with Crippen molar-refractivity contribution in [2.45, 2.75) is 37.0 Å². The van der Waals surface area contributed by atoms with Crippen molar-refractivity contribution in [3.05, 3.63) is 29.3 Å². The first-order valence-electron chi connectivity index (χ1n) is 8.32. The van der Waals surface area contributed by atoms with E-state index < -0.39 is 9.84 Å². The molecule has 1 atom stereocenters. The zero-order chi connectivity index (χ0) is 16.4. The standard InChI is InChI=1S/C17H24N2O3S.ClH/c18-11-13-6-8-19(12-13)17(20)7-9-23(21,22)16-5-4-14-2-1-3-15(14)10-16;/h4-5,10,13H,1-3,6-9,11-12,18H2;1H. The maximum atomic E-state index is 12.5. The molecule has 0 bridgehead atoms. The third-order valence-electron chi connectivity index (χ3n) is 4.99. The van der Waals surface area contributed by atoms with Crippen molar-refractivity contribution in [3.63, 3.8) is 0 Å². The number of hydrogen-bond acceptors (Lipinski definition) is 4. The van der Waals surface area contributed by atoms with Gasteiger partial charge in [-0.1, -0.05) is 6.07 Å². The molecule has 1 aliphatic carbocycles. The van der Waals surface area contributed by atoms with E-state index in [0.29, 0.717) is 30.4 Å². The van der Waals surface area contributed by atoms with Crippen molar-refractivity contribution in [2.75, 3.05) is 25.4 Å². The lowest BCUT2D eigenvalue weighted by molar-refractivity contribution is -0.129. The van der Waals surface area contributed by atoms with Gasteiger partial charge in [-0.25, -0.2) is 8.42 Å². The van der Waals surface area contributed by atoms with Crippen LogP contribution in [0.15, 0.2) is 23.1 Å². The Morgan fingerprint density at radius 2 is 2.00 bits per heavy atom. The number of carbonyl (C=O) groups is 1. The molecule has 1 fully saturated rings. The number of sulfone groups is 1. The van der Waals surface area contributed by atoms with Crippen LogP contribution in [-0.4, -0.2) is 44.6 Å². The predicted octanol–water partition coefficient (Wildman–Crippen LogP) is 1.57. The summed E-state index contributed by atoms with van der Waals surface area (Å²) in [5, 5.41) is 0. The molecule has 1 amide bonds. The van der Waals surface area contributed by atoms with Gasteiger partial charge in [-0.2, -0.15) is 0 Å². The van der Waals surface area contributed by atoms with Crippen LogP contribution in [0.3, 0.4) is 0 Å². The highest BCUT2D eigenvalue weighted by Crippen LogP contribution is 2.25. The van der Waals surface area contributed by atoms with Crippen LogP contribution in [0.5, 0.6) is 0 Å². The van der Waals surface area contributed by atoms with Gasteiger partial charge in [-0.05, 0) is 61.4 Å². The van der Waals surface area contributed by atoms with E-state index in [9.17, 15) is 13.2 Å². The molecule has 1 heterocycles. The maximum absolute atomic E-state index is 12.5. The fourth-order valence-corrected chi connectivity index (χ4v) is 4.77. The first-order chi connectivity index (χ1) is 11.0. The van der Waals surface area contributed by atoms with Crippen LogP contribution in [0.25, 0.3) is 0 Å². The Hall–Kier alpha value is -1.11. The predicted molar refractivity (Wildman–Crippen MR) is 96.1 cm³/mol. The van der Waals surface area contributed by atoms with Gasteiger partial charge < -0.3 is 10.6 Å². The molecule has 1 aromatic carbocycles. The van der Waals surface area contributed by atoms with Gasteiger partial charge >= 0.3 is 0 Å². The van der Waals surface area contributed by atoms with Gasteiger partial charge in [0.05, 0.1) is 10.6 Å². The van der Waals surface area contributed by atoms with Crippen LogP contribution in [0.1, 0.15) is 30.4 Å². The third kappa shape index (κ3) is 4.10. The highest BCUT2D eigenvalue weighted by Gasteiger charge is 2.27. The van der Waals surface area contributed by atoms with Crippen molar-refractivity contribution < 1.29 is 13.2 Å². The maximum Gasteiger partial charge on any atom is 0.223 e. The Bertz CT molecular complexity index is 706. The number of rotatable bonds is 5. The fourth-order valence-electron chi connectivity index (χ4n) is 3.49.